The van der Waals surface area contributed by atoms with Gasteiger partial charge in [0.25, 0.3) is 5.91 Å². The molecule has 1 aliphatic rings. The predicted octanol–water partition coefficient (Wildman–Crippen LogP) is 5.86. The minimum Gasteiger partial charge on any atom is -0.494 e. The molecule has 0 spiro atoms. The lowest BCUT2D eigenvalue weighted by atomic mass is 9.98. The van der Waals surface area contributed by atoms with Gasteiger partial charge in [-0.05, 0) is 49.2 Å². The van der Waals surface area contributed by atoms with E-state index in [0.717, 1.165) is 27.9 Å². The molecule has 3 heterocycles. The Morgan fingerprint density at radius 1 is 1.19 bits per heavy atom. The fourth-order valence-electron chi connectivity index (χ4n) is 3.88. The van der Waals surface area contributed by atoms with Crippen LogP contribution in [0.2, 0.25) is 0 Å². The maximum Gasteiger partial charge on any atom is 0.297 e. The van der Waals surface area contributed by atoms with E-state index >= 15 is 0 Å². The normalized spacial score (nSPS) is 15.4. The number of hydrogen-bond donors (Lipinski definition) is 0. The standard InChI is InChI=1S/C24H19BrN2O4S/c1-3-10-30-16-7-4-14(5-8-16)20-19-21(28)17-11-15(25)6-9-18(17)31-22(19)23(29)27(20)24-26-13(2)12-32-24/h4-9,11-12,20H,3,10H2,1-2H3/t20-/m1/s1. The van der Waals surface area contributed by atoms with Crippen molar-refractivity contribution in [2.45, 2.75) is 26.3 Å². The summed E-state index contributed by atoms with van der Waals surface area (Å²) in [6.45, 7) is 4.54. The lowest BCUT2D eigenvalue weighted by Gasteiger charge is -2.22. The average Bonchev–Trinajstić information content (AvgIpc) is 3.34. The zero-order valence-corrected chi connectivity index (χ0v) is 19.8. The van der Waals surface area contributed by atoms with E-state index in [1.165, 1.54) is 11.3 Å². The highest BCUT2D eigenvalue weighted by Gasteiger charge is 2.44. The van der Waals surface area contributed by atoms with Gasteiger partial charge in [-0.1, -0.05) is 35.0 Å². The predicted molar refractivity (Wildman–Crippen MR) is 128 cm³/mol. The number of anilines is 1. The molecule has 5 rings (SSSR count). The number of carbonyl (C=O) groups is 1. The van der Waals surface area contributed by atoms with E-state index in [-0.39, 0.29) is 17.1 Å². The summed E-state index contributed by atoms with van der Waals surface area (Å²) in [4.78, 5) is 33.2. The summed E-state index contributed by atoms with van der Waals surface area (Å²) in [7, 11) is 0. The van der Waals surface area contributed by atoms with Gasteiger partial charge in [-0.25, -0.2) is 4.98 Å². The fraction of sp³-hybridized carbons (Fsp3) is 0.208. The van der Waals surface area contributed by atoms with E-state index in [1.807, 2.05) is 43.5 Å². The van der Waals surface area contributed by atoms with Gasteiger partial charge in [0, 0.05) is 9.85 Å². The van der Waals surface area contributed by atoms with Crippen LogP contribution in [0.3, 0.4) is 0 Å². The van der Waals surface area contributed by atoms with Gasteiger partial charge in [-0.2, -0.15) is 0 Å². The van der Waals surface area contributed by atoms with Crippen molar-refractivity contribution >= 4 is 49.3 Å². The van der Waals surface area contributed by atoms with Crippen molar-refractivity contribution in [1.82, 2.24) is 4.98 Å². The number of amides is 1. The SMILES string of the molecule is CCCOc1ccc([C@@H]2c3c(oc4ccc(Br)cc4c3=O)C(=O)N2c2nc(C)cs2)cc1. The molecule has 32 heavy (non-hydrogen) atoms. The van der Waals surface area contributed by atoms with Gasteiger partial charge in [0.2, 0.25) is 5.76 Å². The molecule has 0 saturated carbocycles. The van der Waals surface area contributed by atoms with Gasteiger partial charge in [-0.3, -0.25) is 14.5 Å². The second-order valence-corrected chi connectivity index (χ2v) is 9.33. The number of benzene rings is 2. The molecule has 0 fully saturated rings. The highest BCUT2D eigenvalue weighted by molar-refractivity contribution is 9.10. The molecule has 6 nitrogen and oxygen atoms in total. The third kappa shape index (κ3) is 3.43. The van der Waals surface area contributed by atoms with Crippen LogP contribution in [0.15, 0.2) is 61.5 Å². The number of aryl methyl sites for hydroxylation is 1. The number of thiazole rings is 1. The summed E-state index contributed by atoms with van der Waals surface area (Å²) in [6, 6.07) is 12.1. The number of fused-ring (bicyclic) bond motifs is 2. The third-order valence-electron chi connectivity index (χ3n) is 5.31. The molecule has 8 heteroatoms. The minimum atomic E-state index is -0.636. The smallest absolute Gasteiger partial charge is 0.297 e. The van der Waals surface area contributed by atoms with E-state index in [2.05, 4.69) is 20.9 Å². The molecule has 0 saturated heterocycles. The number of halogens is 1. The van der Waals surface area contributed by atoms with Gasteiger partial charge in [0.1, 0.15) is 11.3 Å². The lowest BCUT2D eigenvalue weighted by Crippen LogP contribution is -2.29. The second kappa shape index (κ2) is 8.18. The minimum absolute atomic E-state index is 0.0639. The van der Waals surface area contributed by atoms with Crippen LogP contribution in [0.5, 0.6) is 5.75 Å². The molecule has 0 aliphatic carbocycles. The Morgan fingerprint density at radius 2 is 1.97 bits per heavy atom. The summed E-state index contributed by atoms with van der Waals surface area (Å²) >= 11 is 4.78. The highest BCUT2D eigenvalue weighted by atomic mass is 79.9. The third-order valence-corrected chi connectivity index (χ3v) is 6.76. The number of nitrogens with zero attached hydrogens (tertiary/aromatic N) is 2. The molecule has 1 atom stereocenters. The Balaban J connectivity index is 1.72. The molecule has 0 radical (unpaired) electrons. The zero-order chi connectivity index (χ0) is 22.4. The Kier molecular flexibility index (Phi) is 5.35. The molecule has 4 aromatic rings. The Bertz CT molecular complexity index is 1390. The average molecular weight is 511 g/mol. The van der Waals surface area contributed by atoms with E-state index < -0.39 is 6.04 Å². The van der Waals surface area contributed by atoms with Gasteiger partial charge in [0.05, 0.1) is 29.3 Å². The Morgan fingerprint density at radius 3 is 2.66 bits per heavy atom. The highest BCUT2D eigenvalue weighted by Crippen LogP contribution is 2.42. The molecule has 0 unspecified atom stereocenters. The molecule has 2 aromatic carbocycles. The van der Waals surface area contributed by atoms with Crippen molar-refractivity contribution in [2.75, 3.05) is 11.5 Å². The van der Waals surface area contributed by atoms with Crippen LogP contribution < -0.4 is 15.1 Å². The second-order valence-electron chi connectivity index (χ2n) is 7.58. The van der Waals surface area contributed by atoms with E-state index in [9.17, 15) is 9.59 Å². The summed E-state index contributed by atoms with van der Waals surface area (Å²) in [5, 5.41) is 2.84. The number of rotatable bonds is 5. The van der Waals surface area contributed by atoms with Gasteiger partial charge >= 0.3 is 0 Å². The lowest BCUT2D eigenvalue weighted by molar-refractivity contribution is 0.0971. The Labute approximate surface area is 196 Å². The van der Waals surface area contributed by atoms with E-state index in [1.54, 1.807) is 23.1 Å². The number of hydrogen-bond acceptors (Lipinski definition) is 6. The maximum absolute atomic E-state index is 13.6. The van der Waals surface area contributed by atoms with Crippen LogP contribution in [0.25, 0.3) is 11.0 Å². The Hall–Kier alpha value is -2.97. The monoisotopic (exact) mass is 510 g/mol. The molecule has 1 aliphatic heterocycles. The molecular weight excluding hydrogens is 492 g/mol. The van der Waals surface area contributed by atoms with E-state index in [4.69, 9.17) is 9.15 Å². The van der Waals surface area contributed by atoms with Crippen molar-refractivity contribution in [3.63, 3.8) is 0 Å². The van der Waals surface area contributed by atoms with E-state index in [0.29, 0.717) is 28.3 Å². The molecule has 0 bridgehead atoms. The topological polar surface area (TPSA) is 72.6 Å². The van der Waals surface area contributed by atoms with Gasteiger partial charge in [-0.15, -0.1) is 11.3 Å². The largest absolute Gasteiger partial charge is 0.494 e. The van der Waals surface area contributed by atoms with Crippen LogP contribution in [0, 0.1) is 6.92 Å². The van der Waals surface area contributed by atoms with Crippen LogP contribution in [-0.4, -0.2) is 17.5 Å². The molecule has 2 aromatic heterocycles. The van der Waals surface area contributed by atoms with Crippen LogP contribution in [0.1, 0.15) is 46.8 Å². The maximum atomic E-state index is 13.6. The summed E-state index contributed by atoms with van der Waals surface area (Å²) in [5.74, 6) is 0.438. The first-order valence-electron chi connectivity index (χ1n) is 10.2. The first kappa shape index (κ1) is 20.9. The number of ether oxygens (including phenoxy) is 1. The summed E-state index contributed by atoms with van der Waals surface area (Å²) in [5.41, 5.74) is 2.09. The van der Waals surface area contributed by atoms with Crippen molar-refractivity contribution in [2.24, 2.45) is 0 Å². The van der Waals surface area contributed by atoms with Crippen LogP contribution >= 0.6 is 27.3 Å². The summed E-state index contributed by atoms with van der Waals surface area (Å²) < 4.78 is 12.4. The fourth-order valence-corrected chi connectivity index (χ4v) is 5.06. The van der Waals surface area contributed by atoms with Crippen LogP contribution in [0.4, 0.5) is 5.13 Å². The zero-order valence-electron chi connectivity index (χ0n) is 17.4. The molecule has 0 N–H and O–H groups in total. The summed E-state index contributed by atoms with van der Waals surface area (Å²) in [6.07, 6.45) is 0.910. The van der Waals surface area contributed by atoms with Crippen LogP contribution in [-0.2, 0) is 0 Å². The van der Waals surface area contributed by atoms with Gasteiger partial charge in [0.15, 0.2) is 10.6 Å². The van der Waals surface area contributed by atoms with Gasteiger partial charge < -0.3 is 9.15 Å². The number of aromatic nitrogens is 1. The van der Waals surface area contributed by atoms with Crippen molar-refractivity contribution in [1.29, 1.82) is 0 Å². The number of carbonyl (C=O) groups excluding carboxylic acids is 1. The van der Waals surface area contributed by atoms with Crippen molar-refractivity contribution in [3.05, 3.63) is 85.1 Å². The van der Waals surface area contributed by atoms with Crippen molar-refractivity contribution in [3.8, 4) is 5.75 Å². The molecular formula is C24H19BrN2O4S. The van der Waals surface area contributed by atoms with Crippen molar-refractivity contribution < 1.29 is 13.9 Å². The molecule has 1 amide bonds. The first-order chi connectivity index (χ1) is 15.5. The molecule has 162 valence electrons. The first-order valence-corrected chi connectivity index (χ1v) is 11.9. The quantitative estimate of drug-likeness (QED) is 0.336.